The molecule has 34 heavy (non-hydrogen) atoms. The van der Waals surface area contributed by atoms with E-state index in [2.05, 4.69) is 21.0 Å². The third kappa shape index (κ3) is 4.82. The van der Waals surface area contributed by atoms with Gasteiger partial charge in [0, 0.05) is 22.0 Å². The molecule has 4 rings (SSSR count). The van der Waals surface area contributed by atoms with Gasteiger partial charge in [0.05, 0.1) is 35.8 Å². The van der Waals surface area contributed by atoms with Gasteiger partial charge in [-0.25, -0.2) is 4.98 Å². The molecule has 1 saturated carbocycles. The molecule has 0 spiro atoms. The van der Waals surface area contributed by atoms with Crippen LogP contribution in [0.5, 0.6) is 11.5 Å². The molecule has 1 aliphatic rings. The maximum Gasteiger partial charge on any atom is 0.315 e. The number of hydrogen-bond donors (Lipinski definition) is 0. The molecule has 1 aliphatic carbocycles. The first-order valence-electron chi connectivity index (χ1n) is 11.2. The fraction of sp³-hybridized carbons (Fsp3) is 0.375. The Morgan fingerprint density at radius 1 is 1.26 bits per heavy atom. The summed E-state index contributed by atoms with van der Waals surface area (Å²) in [5, 5.41) is 16.6. The van der Waals surface area contributed by atoms with Crippen molar-refractivity contribution >= 4 is 38.7 Å². The van der Waals surface area contributed by atoms with Gasteiger partial charge < -0.3 is 9.47 Å². The molecule has 1 fully saturated rings. The molecule has 0 unspecified atom stereocenters. The highest BCUT2D eigenvalue weighted by Gasteiger charge is 2.24. The SMILES string of the molecule is CCOc1c(OC)cc(C=Nn2c(C3CCCCC3)nc3ccc(Br)cc3c2=O)cc1[N+](=O)[O-]. The smallest absolute Gasteiger partial charge is 0.315 e. The van der Waals surface area contributed by atoms with E-state index in [1.807, 2.05) is 12.1 Å². The molecule has 10 heteroatoms. The molecule has 0 amide bonds. The van der Waals surface area contributed by atoms with Crippen LogP contribution in [0.15, 0.2) is 44.7 Å². The largest absolute Gasteiger partial charge is 0.493 e. The molecular formula is C24H25BrN4O5. The first kappa shape index (κ1) is 23.9. The van der Waals surface area contributed by atoms with Gasteiger partial charge in [-0.05, 0) is 44.0 Å². The van der Waals surface area contributed by atoms with Crippen LogP contribution >= 0.6 is 15.9 Å². The second kappa shape index (κ2) is 10.3. The standard InChI is InChI=1S/C24H25BrN4O5/c1-3-34-22-20(29(31)32)11-15(12-21(22)33-2)14-26-28-23(16-7-5-4-6-8-16)27-19-10-9-17(25)13-18(19)24(28)30/h9-14,16H,3-8H2,1-2H3. The number of hydrogen-bond acceptors (Lipinski definition) is 7. The Kier molecular flexibility index (Phi) is 7.26. The van der Waals surface area contributed by atoms with Crippen LogP contribution in [0.3, 0.4) is 0 Å². The van der Waals surface area contributed by atoms with Gasteiger partial charge in [-0.2, -0.15) is 9.78 Å². The first-order chi connectivity index (χ1) is 16.4. The van der Waals surface area contributed by atoms with Crippen LogP contribution in [0, 0.1) is 10.1 Å². The summed E-state index contributed by atoms with van der Waals surface area (Å²) in [5.74, 6) is 1.02. The lowest BCUT2D eigenvalue weighted by atomic mass is 9.88. The van der Waals surface area contributed by atoms with Crippen molar-refractivity contribution in [2.45, 2.75) is 44.9 Å². The summed E-state index contributed by atoms with van der Waals surface area (Å²) >= 11 is 3.41. The van der Waals surface area contributed by atoms with E-state index < -0.39 is 4.92 Å². The summed E-state index contributed by atoms with van der Waals surface area (Å²) in [6.45, 7) is 1.99. The van der Waals surface area contributed by atoms with Crippen LogP contribution in [0.4, 0.5) is 5.69 Å². The average molecular weight is 529 g/mol. The van der Waals surface area contributed by atoms with Crippen LogP contribution in [0.2, 0.25) is 0 Å². The van der Waals surface area contributed by atoms with Crippen molar-refractivity contribution in [1.29, 1.82) is 0 Å². The van der Waals surface area contributed by atoms with E-state index in [1.165, 1.54) is 30.5 Å². The van der Waals surface area contributed by atoms with Crippen molar-refractivity contribution in [3.05, 3.63) is 66.7 Å². The van der Waals surface area contributed by atoms with Crippen LogP contribution in [0.1, 0.15) is 56.3 Å². The van der Waals surface area contributed by atoms with E-state index in [9.17, 15) is 14.9 Å². The Balaban J connectivity index is 1.86. The molecule has 0 N–H and O–H groups in total. The van der Waals surface area contributed by atoms with Crippen LogP contribution in [0.25, 0.3) is 10.9 Å². The molecule has 0 bridgehead atoms. The van der Waals surface area contributed by atoms with E-state index in [-0.39, 0.29) is 35.3 Å². The highest BCUT2D eigenvalue weighted by atomic mass is 79.9. The zero-order valence-corrected chi connectivity index (χ0v) is 20.6. The average Bonchev–Trinajstić information content (AvgIpc) is 2.84. The molecule has 1 aromatic heterocycles. The van der Waals surface area contributed by atoms with E-state index in [0.29, 0.717) is 22.3 Å². The van der Waals surface area contributed by atoms with Gasteiger partial charge in [0.15, 0.2) is 5.75 Å². The van der Waals surface area contributed by atoms with E-state index in [4.69, 9.17) is 14.5 Å². The van der Waals surface area contributed by atoms with Crippen molar-refractivity contribution < 1.29 is 14.4 Å². The van der Waals surface area contributed by atoms with Crippen LogP contribution in [-0.4, -0.2) is 34.5 Å². The third-order valence-corrected chi connectivity index (χ3v) is 6.38. The lowest BCUT2D eigenvalue weighted by Gasteiger charge is -2.22. The number of nitrogens with zero attached hydrogens (tertiary/aromatic N) is 4. The van der Waals surface area contributed by atoms with Gasteiger partial charge in [0.25, 0.3) is 5.56 Å². The summed E-state index contributed by atoms with van der Waals surface area (Å²) in [4.78, 5) is 29.4. The van der Waals surface area contributed by atoms with Gasteiger partial charge in [0.2, 0.25) is 5.75 Å². The molecular weight excluding hydrogens is 504 g/mol. The molecule has 0 saturated heterocycles. The summed E-state index contributed by atoms with van der Waals surface area (Å²) < 4.78 is 12.9. The molecule has 1 heterocycles. The Bertz CT molecular complexity index is 1310. The molecule has 178 valence electrons. The molecule has 2 aromatic carbocycles. The molecule has 9 nitrogen and oxygen atoms in total. The van der Waals surface area contributed by atoms with Crippen molar-refractivity contribution in [2.75, 3.05) is 13.7 Å². The lowest BCUT2D eigenvalue weighted by Crippen LogP contribution is -2.25. The molecule has 0 aliphatic heterocycles. The predicted molar refractivity (Wildman–Crippen MR) is 133 cm³/mol. The number of halogens is 1. The van der Waals surface area contributed by atoms with Gasteiger partial charge in [-0.1, -0.05) is 35.2 Å². The molecule has 3 aromatic rings. The third-order valence-electron chi connectivity index (χ3n) is 5.89. The van der Waals surface area contributed by atoms with Crippen molar-refractivity contribution in [2.24, 2.45) is 5.10 Å². The Morgan fingerprint density at radius 2 is 2.03 bits per heavy atom. The van der Waals surface area contributed by atoms with Crippen LogP contribution < -0.4 is 15.0 Å². The summed E-state index contributed by atoms with van der Waals surface area (Å²) in [6, 6.07) is 8.36. The Morgan fingerprint density at radius 3 is 2.71 bits per heavy atom. The number of methoxy groups -OCH3 is 1. The minimum absolute atomic E-state index is 0.0597. The van der Waals surface area contributed by atoms with Crippen molar-refractivity contribution in [1.82, 2.24) is 9.66 Å². The second-order valence-electron chi connectivity index (χ2n) is 8.09. The van der Waals surface area contributed by atoms with Gasteiger partial charge >= 0.3 is 5.69 Å². The van der Waals surface area contributed by atoms with E-state index in [0.717, 1.165) is 30.2 Å². The normalized spacial score (nSPS) is 14.6. The van der Waals surface area contributed by atoms with Gasteiger partial charge in [0.1, 0.15) is 5.82 Å². The topological polar surface area (TPSA) is 109 Å². The van der Waals surface area contributed by atoms with Gasteiger partial charge in [-0.3, -0.25) is 14.9 Å². The highest BCUT2D eigenvalue weighted by Crippen LogP contribution is 2.38. The zero-order valence-electron chi connectivity index (χ0n) is 19.0. The Hall–Kier alpha value is -3.27. The number of benzene rings is 2. The summed E-state index contributed by atoms with van der Waals surface area (Å²) in [5.41, 5.74) is 0.514. The number of aromatic nitrogens is 2. The fourth-order valence-electron chi connectivity index (χ4n) is 4.29. The van der Waals surface area contributed by atoms with Crippen molar-refractivity contribution in [3.63, 3.8) is 0 Å². The minimum atomic E-state index is -0.528. The second-order valence-corrected chi connectivity index (χ2v) is 9.01. The number of fused-ring (bicyclic) bond motifs is 1. The number of nitro benzene ring substituents is 1. The first-order valence-corrected chi connectivity index (χ1v) is 12.0. The lowest BCUT2D eigenvalue weighted by molar-refractivity contribution is -0.385. The number of nitro groups is 1. The van der Waals surface area contributed by atoms with E-state index >= 15 is 0 Å². The quantitative estimate of drug-likeness (QED) is 0.230. The fourth-order valence-corrected chi connectivity index (χ4v) is 4.65. The number of rotatable bonds is 7. The summed E-state index contributed by atoms with van der Waals surface area (Å²) in [7, 11) is 1.42. The van der Waals surface area contributed by atoms with E-state index in [1.54, 1.807) is 19.1 Å². The Labute approximate surface area is 204 Å². The monoisotopic (exact) mass is 528 g/mol. The minimum Gasteiger partial charge on any atom is -0.493 e. The molecule has 0 atom stereocenters. The number of ether oxygens (including phenoxy) is 2. The predicted octanol–water partition coefficient (Wildman–Crippen LogP) is 5.40. The van der Waals surface area contributed by atoms with Crippen LogP contribution in [-0.2, 0) is 0 Å². The van der Waals surface area contributed by atoms with Crippen molar-refractivity contribution in [3.8, 4) is 11.5 Å². The van der Waals surface area contributed by atoms with Gasteiger partial charge in [-0.15, -0.1) is 0 Å². The highest BCUT2D eigenvalue weighted by molar-refractivity contribution is 9.10. The molecule has 0 radical (unpaired) electrons. The maximum absolute atomic E-state index is 13.4. The summed E-state index contributed by atoms with van der Waals surface area (Å²) in [6.07, 6.45) is 6.61. The zero-order chi connectivity index (χ0) is 24.2. The maximum atomic E-state index is 13.4.